The number of para-hydroxylation sites is 1. The number of rotatable bonds is 2. The number of carbonyl (C=O) groups is 1. The van der Waals surface area contributed by atoms with Crippen LogP contribution >= 0.6 is 0 Å². The van der Waals surface area contributed by atoms with Crippen LogP contribution in [0.5, 0.6) is 0 Å². The molecule has 0 radical (unpaired) electrons. The Labute approximate surface area is 70.1 Å². The first-order valence-electron chi connectivity index (χ1n) is 3.39. The van der Waals surface area contributed by atoms with Crippen molar-refractivity contribution >= 4 is 18.1 Å². The van der Waals surface area contributed by atoms with Crippen LogP contribution in [-0.2, 0) is 4.79 Å². The average Bonchev–Trinajstić information content (AvgIpc) is 2.07. The molecule has 0 aliphatic heterocycles. The predicted octanol–water partition coefficient (Wildman–Crippen LogP) is 0.543. The number of hydrogen-bond donors (Lipinski definition) is 2. The van der Waals surface area contributed by atoms with Gasteiger partial charge in [0, 0.05) is 0 Å². The molecular formula is C8H9N3O. The molecule has 1 rings (SSSR count). The van der Waals surface area contributed by atoms with Gasteiger partial charge in [0.1, 0.15) is 0 Å². The zero-order chi connectivity index (χ0) is 8.97. The Balaban J connectivity index is 2.95. The number of amides is 1. The van der Waals surface area contributed by atoms with E-state index in [-0.39, 0.29) is 5.96 Å². The Morgan fingerprint density at radius 3 is 2.42 bits per heavy atom. The van der Waals surface area contributed by atoms with Crippen molar-refractivity contribution in [1.82, 2.24) is 0 Å². The van der Waals surface area contributed by atoms with Crippen molar-refractivity contribution in [2.75, 3.05) is 4.90 Å². The largest absolute Gasteiger partial charge is 0.369 e. The first-order chi connectivity index (χ1) is 5.75. The van der Waals surface area contributed by atoms with Crippen molar-refractivity contribution in [3.05, 3.63) is 30.3 Å². The highest BCUT2D eigenvalue weighted by Crippen LogP contribution is 2.09. The van der Waals surface area contributed by atoms with E-state index in [1.165, 1.54) is 0 Å². The Morgan fingerprint density at radius 1 is 1.42 bits per heavy atom. The maximum atomic E-state index is 10.5. The van der Waals surface area contributed by atoms with Crippen molar-refractivity contribution in [1.29, 1.82) is 5.41 Å². The smallest absolute Gasteiger partial charge is 0.221 e. The molecule has 0 fully saturated rings. The van der Waals surface area contributed by atoms with Crippen LogP contribution in [0.3, 0.4) is 0 Å². The summed E-state index contributed by atoms with van der Waals surface area (Å²) >= 11 is 0. The number of nitrogens with zero attached hydrogens (tertiary/aromatic N) is 1. The molecule has 0 saturated carbocycles. The lowest BCUT2D eigenvalue weighted by Gasteiger charge is -2.13. The van der Waals surface area contributed by atoms with Crippen molar-refractivity contribution in [3.8, 4) is 0 Å². The van der Waals surface area contributed by atoms with E-state index < -0.39 is 0 Å². The number of anilines is 1. The minimum Gasteiger partial charge on any atom is -0.369 e. The molecule has 62 valence electrons. The van der Waals surface area contributed by atoms with E-state index >= 15 is 0 Å². The van der Waals surface area contributed by atoms with Crippen LogP contribution < -0.4 is 10.6 Å². The molecule has 0 aromatic heterocycles. The molecule has 0 unspecified atom stereocenters. The lowest BCUT2D eigenvalue weighted by atomic mass is 10.3. The van der Waals surface area contributed by atoms with E-state index in [1.807, 2.05) is 6.07 Å². The van der Waals surface area contributed by atoms with Gasteiger partial charge >= 0.3 is 0 Å². The summed E-state index contributed by atoms with van der Waals surface area (Å²) in [6, 6.07) is 8.78. The molecule has 4 heteroatoms. The monoisotopic (exact) mass is 163 g/mol. The molecule has 1 amide bonds. The van der Waals surface area contributed by atoms with Crippen LogP contribution in [0.2, 0.25) is 0 Å². The van der Waals surface area contributed by atoms with E-state index in [0.717, 1.165) is 4.90 Å². The molecule has 0 spiro atoms. The molecule has 0 aliphatic rings. The standard InChI is InChI=1S/C8H9N3O/c9-8(10)11(6-12)7-4-2-1-3-5-7/h1-6H,(H3,9,10). The van der Waals surface area contributed by atoms with Gasteiger partial charge in [0.05, 0.1) is 5.69 Å². The second kappa shape index (κ2) is 3.52. The molecule has 1 aromatic rings. The summed E-state index contributed by atoms with van der Waals surface area (Å²) in [5, 5.41) is 7.06. The molecule has 0 saturated heterocycles. The number of guanidine groups is 1. The minimum absolute atomic E-state index is 0.281. The van der Waals surface area contributed by atoms with Crippen LogP contribution in [0.15, 0.2) is 30.3 Å². The third-order valence-corrected chi connectivity index (χ3v) is 1.40. The van der Waals surface area contributed by atoms with Crippen molar-refractivity contribution in [2.45, 2.75) is 0 Å². The number of carbonyl (C=O) groups excluding carboxylic acids is 1. The molecule has 0 aliphatic carbocycles. The quantitative estimate of drug-likeness (QED) is 0.379. The van der Waals surface area contributed by atoms with Crippen LogP contribution in [-0.4, -0.2) is 12.4 Å². The van der Waals surface area contributed by atoms with E-state index in [1.54, 1.807) is 24.3 Å². The lowest BCUT2D eigenvalue weighted by molar-refractivity contribution is -0.106. The van der Waals surface area contributed by atoms with Gasteiger partial charge in [-0.3, -0.25) is 15.1 Å². The summed E-state index contributed by atoms with van der Waals surface area (Å²) in [4.78, 5) is 11.5. The van der Waals surface area contributed by atoms with Gasteiger partial charge in [0.15, 0.2) is 5.96 Å². The number of benzene rings is 1. The fourth-order valence-electron chi connectivity index (χ4n) is 0.845. The predicted molar refractivity (Wildman–Crippen MR) is 46.9 cm³/mol. The van der Waals surface area contributed by atoms with E-state index in [4.69, 9.17) is 11.1 Å². The van der Waals surface area contributed by atoms with Gasteiger partial charge in [-0.1, -0.05) is 18.2 Å². The van der Waals surface area contributed by atoms with Crippen LogP contribution in [0.1, 0.15) is 0 Å². The molecule has 12 heavy (non-hydrogen) atoms. The second-order valence-corrected chi connectivity index (χ2v) is 2.20. The third-order valence-electron chi connectivity index (χ3n) is 1.40. The Kier molecular flexibility index (Phi) is 2.42. The normalized spacial score (nSPS) is 9.00. The van der Waals surface area contributed by atoms with E-state index in [9.17, 15) is 4.79 Å². The Bertz CT molecular complexity index is 284. The summed E-state index contributed by atoms with van der Waals surface area (Å²) in [5.74, 6) is -0.281. The SMILES string of the molecule is N=C(N)N(C=O)c1ccccc1. The number of nitrogens with two attached hydrogens (primary N) is 1. The Hall–Kier alpha value is -1.84. The second-order valence-electron chi connectivity index (χ2n) is 2.20. The zero-order valence-electron chi connectivity index (χ0n) is 6.40. The summed E-state index contributed by atoms with van der Waals surface area (Å²) in [5.41, 5.74) is 5.75. The van der Waals surface area contributed by atoms with Gasteiger partial charge in [-0.2, -0.15) is 0 Å². The summed E-state index contributed by atoms with van der Waals surface area (Å²) in [6.45, 7) is 0. The maximum Gasteiger partial charge on any atom is 0.221 e. The average molecular weight is 163 g/mol. The first kappa shape index (κ1) is 8.26. The third kappa shape index (κ3) is 1.60. The molecule has 4 nitrogen and oxygen atoms in total. The van der Waals surface area contributed by atoms with Gasteiger partial charge in [0.2, 0.25) is 6.41 Å². The summed E-state index contributed by atoms with van der Waals surface area (Å²) in [6.07, 6.45) is 0.512. The van der Waals surface area contributed by atoms with Crippen LogP contribution in [0.25, 0.3) is 0 Å². The molecule has 0 heterocycles. The van der Waals surface area contributed by atoms with Gasteiger partial charge in [-0.05, 0) is 12.1 Å². The van der Waals surface area contributed by atoms with Crippen molar-refractivity contribution in [2.24, 2.45) is 5.73 Å². The molecule has 3 N–H and O–H groups in total. The molecule has 0 atom stereocenters. The summed E-state index contributed by atoms with van der Waals surface area (Å²) in [7, 11) is 0. The van der Waals surface area contributed by atoms with Crippen molar-refractivity contribution < 1.29 is 4.79 Å². The van der Waals surface area contributed by atoms with Crippen molar-refractivity contribution in [3.63, 3.8) is 0 Å². The number of hydrogen-bond acceptors (Lipinski definition) is 2. The zero-order valence-corrected chi connectivity index (χ0v) is 6.40. The van der Waals surface area contributed by atoms with Gasteiger partial charge < -0.3 is 5.73 Å². The molecular weight excluding hydrogens is 154 g/mol. The Morgan fingerprint density at radius 2 is 2.00 bits per heavy atom. The fraction of sp³-hybridized carbons (Fsp3) is 0. The molecule has 0 bridgehead atoms. The van der Waals surface area contributed by atoms with Gasteiger partial charge in [-0.15, -0.1) is 0 Å². The highest BCUT2D eigenvalue weighted by molar-refractivity contribution is 6.06. The fourth-order valence-corrected chi connectivity index (χ4v) is 0.845. The van der Waals surface area contributed by atoms with E-state index in [0.29, 0.717) is 12.1 Å². The summed E-state index contributed by atoms with van der Waals surface area (Å²) < 4.78 is 0. The minimum atomic E-state index is -0.281. The van der Waals surface area contributed by atoms with Crippen LogP contribution in [0.4, 0.5) is 5.69 Å². The van der Waals surface area contributed by atoms with Crippen LogP contribution in [0, 0.1) is 5.41 Å². The van der Waals surface area contributed by atoms with E-state index in [2.05, 4.69) is 0 Å². The molecule has 1 aromatic carbocycles. The first-order valence-corrected chi connectivity index (χ1v) is 3.39. The topological polar surface area (TPSA) is 70.2 Å². The maximum absolute atomic E-state index is 10.5. The van der Waals surface area contributed by atoms with Gasteiger partial charge in [-0.25, -0.2) is 0 Å². The highest BCUT2D eigenvalue weighted by Gasteiger charge is 2.05. The lowest BCUT2D eigenvalue weighted by Crippen LogP contribution is -2.35. The highest BCUT2D eigenvalue weighted by atomic mass is 16.1. The number of nitrogens with one attached hydrogen (secondary N) is 1. The van der Waals surface area contributed by atoms with Gasteiger partial charge in [0.25, 0.3) is 0 Å².